The molecule has 0 saturated carbocycles. The van der Waals surface area contributed by atoms with Gasteiger partial charge in [0.2, 0.25) is 0 Å². The van der Waals surface area contributed by atoms with Crippen molar-refractivity contribution in [2.75, 3.05) is 0 Å². The highest BCUT2D eigenvalue weighted by molar-refractivity contribution is 6.13. The second-order valence-electron chi connectivity index (χ2n) is 18.5. The minimum absolute atomic E-state index is 0.848. The Hall–Kier alpha value is -9.26. The average Bonchev–Trinajstić information content (AvgIpc) is 4.18. The number of hydrogen-bond donors (Lipinski definition) is 0. The van der Waals surface area contributed by atoms with E-state index in [4.69, 9.17) is 8.83 Å². The fourth-order valence-corrected chi connectivity index (χ4v) is 11.3. The van der Waals surface area contributed by atoms with Gasteiger partial charge in [0.1, 0.15) is 22.3 Å². The lowest BCUT2D eigenvalue weighted by Gasteiger charge is -2.17. The van der Waals surface area contributed by atoms with Gasteiger partial charge in [0.15, 0.2) is 0 Å². The molecule has 6 heterocycles. The van der Waals surface area contributed by atoms with Crippen molar-refractivity contribution < 1.29 is 8.83 Å². The molecule has 0 spiro atoms. The van der Waals surface area contributed by atoms with Crippen molar-refractivity contribution >= 4 is 88.2 Å². The Morgan fingerprint density at radius 1 is 0.343 bits per heavy atom. The molecule has 6 aromatic heterocycles. The zero-order valence-electron chi connectivity index (χ0n) is 37.8. The van der Waals surface area contributed by atoms with E-state index in [1.54, 1.807) is 12.4 Å². The van der Waals surface area contributed by atoms with Gasteiger partial charge in [-0.15, -0.1) is 0 Å². The van der Waals surface area contributed by atoms with Crippen LogP contribution in [0.3, 0.4) is 0 Å². The molecule has 0 aliphatic heterocycles. The molecule has 14 aromatic rings. The molecule has 15 rings (SSSR count). The Balaban J connectivity index is 0.848. The number of furan rings is 2. The molecular formula is C64H40N4O2. The first-order valence-electron chi connectivity index (χ1n) is 23.9. The van der Waals surface area contributed by atoms with E-state index >= 15 is 0 Å². The topological polar surface area (TPSA) is 61.9 Å². The number of hydrogen-bond acceptors (Lipinski definition) is 4. The molecule has 70 heavy (non-hydrogen) atoms. The predicted octanol–water partition coefficient (Wildman–Crippen LogP) is 16.8. The van der Waals surface area contributed by atoms with Crippen LogP contribution in [0.25, 0.3) is 133 Å². The third kappa shape index (κ3) is 5.99. The van der Waals surface area contributed by atoms with Crippen LogP contribution < -0.4 is 0 Å². The van der Waals surface area contributed by atoms with Gasteiger partial charge in [0.25, 0.3) is 0 Å². The summed E-state index contributed by atoms with van der Waals surface area (Å²) in [4.78, 5) is 8.70. The normalized spacial score (nSPS) is 12.8. The van der Waals surface area contributed by atoms with Gasteiger partial charge in [0.05, 0.1) is 16.6 Å². The van der Waals surface area contributed by atoms with Gasteiger partial charge in [-0.05, 0) is 167 Å². The first kappa shape index (κ1) is 38.8. The van der Waals surface area contributed by atoms with Crippen LogP contribution in [0.1, 0.15) is 23.2 Å². The van der Waals surface area contributed by atoms with E-state index in [1.165, 1.54) is 77.5 Å². The maximum atomic E-state index is 6.32. The van der Waals surface area contributed by atoms with Gasteiger partial charge >= 0.3 is 0 Å². The van der Waals surface area contributed by atoms with Crippen molar-refractivity contribution in [3.63, 3.8) is 0 Å². The Bertz CT molecular complexity index is 4470. The molecule has 1 aliphatic carbocycles. The van der Waals surface area contributed by atoms with Crippen molar-refractivity contribution in [2.24, 2.45) is 0 Å². The van der Waals surface area contributed by atoms with Crippen molar-refractivity contribution in [1.29, 1.82) is 0 Å². The average molecular weight is 897 g/mol. The number of nitrogens with zero attached hydrogens (tertiary/aromatic N) is 4. The molecule has 0 saturated heterocycles. The summed E-state index contributed by atoms with van der Waals surface area (Å²) in [5.74, 6) is 0. The maximum absolute atomic E-state index is 6.32. The molecule has 8 aromatic carbocycles. The molecule has 6 heteroatoms. The SMILES string of the molecule is C1=C(c2ccc3c(c2)oc2ccncc23)CCc2c1c1cc(-c3cccc(-c4ccc5c(c4)c4cc(-c6ccc7c(c6)oc6ccncc67)ccc4n5-c4ccccc4)c3)ccc1n2-c1ccccc1. The summed E-state index contributed by atoms with van der Waals surface area (Å²) in [6, 6.07) is 68.3. The van der Waals surface area contributed by atoms with E-state index in [0.717, 1.165) is 79.0 Å². The predicted molar refractivity (Wildman–Crippen MR) is 287 cm³/mol. The minimum Gasteiger partial charge on any atom is -0.456 e. The van der Waals surface area contributed by atoms with E-state index < -0.39 is 0 Å². The zero-order valence-corrected chi connectivity index (χ0v) is 37.8. The molecule has 0 fully saturated rings. The van der Waals surface area contributed by atoms with E-state index in [-0.39, 0.29) is 0 Å². The monoisotopic (exact) mass is 896 g/mol. The van der Waals surface area contributed by atoms with Gasteiger partial charge in [-0.1, -0.05) is 84.9 Å². The largest absolute Gasteiger partial charge is 0.456 e. The number of pyridine rings is 2. The molecule has 6 nitrogen and oxygen atoms in total. The number of aromatic nitrogens is 4. The zero-order chi connectivity index (χ0) is 45.9. The summed E-state index contributed by atoms with van der Waals surface area (Å²) in [6.45, 7) is 0. The van der Waals surface area contributed by atoms with Crippen LogP contribution in [-0.2, 0) is 6.42 Å². The highest BCUT2D eigenvalue weighted by atomic mass is 16.3. The molecule has 0 amide bonds. The standard InChI is InChI=1S/C64H40N4O2/c1-3-10-47(11-4-1)67-57-22-16-41(31-51(57)53-33-43(18-24-59(53)67)45-14-20-49-55-37-65-28-26-61(55)69-63(49)35-45)39-8-7-9-40(30-39)42-17-23-58-52(32-42)54-34-44(19-25-60(54)68(58)48-12-5-2-6-13-48)46-15-21-50-56-38-66-29-27-62(56)70-64(50)36-46/h1-18,20-24,26-38H,19,25H2. The summed E-state index contributed by atoms with van der Waals surface area (Å²) in [5, 5.41) is 7.89. The van der Waals surface area contributed by atoms with Gasteiger partial charge in [-0.2, -0.15) is 0 Å². The fourth-order valence-electron chi connectivity index (χ4n) is 11.3. The molecule has 0 N–H and O–H groups in total. The Labute approximate surface area is 401 Å². The molecule has 328 valence electrons. The van der Waals surface area contributed by atoms with Crippen molar-refractivity contribution in [3.05, 3.63) is 230 Å². The van der Waals surface area contributed by atoms with Gasteiger partial charge in [0, 0.05) is 85.1 Å². The Morgan fingerprint density at radius 2 is 0.829 bits per heavy atom. The first-order chi connectivity index (χ1) is 34.7. The number of allylic oxidation sites excluding steroid dienone is 1. The molecule has 0 atom stereocenters. The third-order valence-electron chi connectivity index (χ3n) is 14.6. The molecule has 0 radical (unpaired) electrons. The molecule has 1 aliphatic rings. The van der Waals surface area contributed by atoms with E-state index in [2.05, 4.69) is 201 Å². The van der Waals surface area contributed by atoms with Crippen LogP contribution in [0, 0.1) is 0 Å². The Morgan fingerprint density at radius 3 is 1.43 bits per heavy atom. The summed E-state index contributed by atoms with van der Waals surface area (Å²) in [7, 11) is 0. The van der Waals surface area contributed by atoms with Crippen LogP contribution in [0.2, 0.25) is 0 Å². The lowest BCUT2D eigenvalue weighted by molar-refractivity contribution is 0.668. The first-order valence-corrected chi connectivity index (χ1v) is 23.9. The second kappa shape index (κ2) is 15.1. The lowest BCUT2D eigenvalue weighted by atomic mass is 9.90. The number of rotatable bonds is 6. The summed E-state index contributed by atoms with van der Waals surface area (Å²) in [6.07, 6.45) is 11.6. The van der Waals surface area contributed by atoms with Crippen LogP contribution >= 0.6 is 0 Å². The van der Waals surface area contributed by atoms with Crippen LogP contribution in [0.15, 0.2) is 222 Å². The highest BCUT2D eigenvalue weighted by Crippen LogP contribution is 2.43. The second-order valence-corrected chi connectivity index (χ2v) is 18.5. The van der Waals surface area contributed by atoms with Gasteiger partial charge in [-0.25, -0.2) is 0 Å². The summed E-state index contributed by atoms with van der Waals surface area (Å²) < 4.78 is 17.5. The lowest BCUT2D eigenvalue weighted by Crippen LogP contribution is -2.05. The highest BCUT2D eigenvalue weighted by Gasteiger charge is 2.24. The van der Waals surface area contributed by atoms with Crippen LogP contribution in [-0.4, -0.2) is 19.1 Å². The number of para-hydroxylation sites is 2. The fraction of sp³-hybridized carbons (Fsp3) is 0.0312. The Kier molecular flexibility index (Phi) is 8.38. The smallest absolute Gasteiger partial charge is 0.138 e. The third-order valence-corrected chi connectivity index (χ3v) is 14.6. The van der Waals surface area contributed by atoms with E-state index in [0.29, 0.717) is 0 Å². The maximum Gasteiger partial charge on any atom is 0.138 e. The van der Waals surface area contributed by atoms with E-state index in [9.17, 15) is 0 Å². The van der Waals surface area contributed by atoms with Crippen molar-refractivity contribution in [3.8, 4) is 44.8 Å². The molecular weight excluding hydrogens is 857 g/mol. The molecule has 0 unspecified atom stereocenters. The van der Waals surface area contributed by atoms with Crippen molar-refractivity contribution in [1.82, 2.24) is 19.1 Å². The van der Waals surface area contributed by atoms with Crippen LogP contribution in [0.5, 0.6) is 0 Å². The quantitative estimate of drug-likeness (QED) is 0.167. The van der Waals surface area contributed by atoms with Crippen molar-refractivity contribution in [2.45, 2.75) is 12.8 Å². The summed E-state index contributed by atoms with van der Waals surface area (Å²) >= 11 is 0. The number of fused-ring (bicyclic) bond motifs is 12. The van der Waals surface area contributed by atoms with Crippen LogP contribution in [0.4, 0.5) is 0 Å². The molecule has 0 bridgehead atoms. The van der Waals surface area contributed by atoms with Gasteiger partial charge in [-0.3, -0.25) is 9.97 Å². The van der Waals surface area contributed by atoms with Gasteiger partial charge < -0.3 is 18.0 Å². The number of benzene rings is 8. The summed E-state index contributed by atoms with van der Waals surface area (Å²) in [5.41, 5.74) is 21.4. The van der Waals surface area contributed by atoms with E-state index in [1.807, 2.05) is 24.5 Å². The minimum atomic E-state index is 0.848.